The van der Waals surface area contributed by atoms with Crippen molar-refractivity contribution in [2.75, 3.05) is 6.61 Å². The van der Waals surface area contributed by atoms with Gasteiger partial charge in [-0.15, -0.1) is 0 Å². The van der Waals surface area contributed by atoms with E-state index in [1.54, 1.807) is 0 Å². The highest BCUT2D eigenvalue weighted by Crippen LogP contribution is 2.21. The molecule has 104 valence electrons. The summed E-state index contributed by atoms with van der Waals surface area (Å²) in [7, 11) is 0. The van der Waals surface area contributed by atoms with Gasteiger partial charge >= 0.3 is 5.97 Å². The molecule has 0 spiro atoms. The molecule has 1 aromatic rings. The van der Waals surface area contributed by atoms with Crippen LogP contribution in [0.3, 0.4) is 0 Å². The Bertz CT molecular complexity index is 431. The molecule has 1 aliphatic carbocycles. The molecule has 3 heteroatoms. The van der Waals surface area contributed by atoms with Crippen LogP contribution in [0.5, 0.6) is 0 Å². The van der Waals surface area contributed by atoms with Crippen molar-refractivity contribution >= 4 is 5.97 Å². The summed E-state index contributed by atoms with van der Waals surface area (Å²) in [4.78, 5) is 11.8. The molecule has 0 amide bonds. The number of nitrogens with one attached hydrogen (secondary N) is 1. The summed E-state index contributed by atoms with van der Waals surface area (Å²) in [6.45, 7) is 4.32. The van der Waals surface area contributed by atoms with Crippen molar-refractivity contribution < 1.29 is 9.53 Å². The minimum absolute atomic E-state index is 0.121. The second-order valence-corrected chi connectivity index (χ2v) is 5.09. The molecule has 0 radical (unpaired) electrons. The molecule has 0 aliphatic heterocycles. The van der Waals surface area contributed by atoms with Gasteiger partial charge in [0, 0.05) is 6.04 Å². The van der Waals surface area contributed by atoms with Gasteiger partial charge in [-0.3, -0.25) is 4.79 Å². The van der Waals surface area contributed by atoms with Crippen LogP contribution in [-0.4, -0.2) is 24.7 Å². The van der Waals surface area contributed by atoms with E-state index in [1.807, 2.05) is 13.8 Å². The van der Waals surface area contributed by atoms with Gasteiger partial charge in [0.1, 0.15) is 6.04 Å². The van der Waals surface area contributed by atoms with Gasteiger partial charge in [-0.1, -0.05) is 31.2 Å². The second kappa shape index (κ2) is 6.71. The summed E-state index contributed by atoms with van der Waals surface area (Å²) in [5, 5.41) is 3.46. The number of hydrogen-bond acceptors (Lipinski definition) is 3. The first-order valence-electron chi connectivity index (χ1n) is 7.24. The molecule has 0 bridgehead atoms. The fourth-order valence-electron chi connectivity index (χ4n) is 2.72. The van der Waals surface area contributed by atoms with Crippen LogP contribution >= 0.6 is 0 Å². The molecule has 2 atom stereocenters. The van der Waals surface area contributed by atoms with Crippen LogP contribution in [0.15, 0.2) is 24.3 Å². The van der Waals surface area contributed by atoms with Gasteiger partial charge in [-0.2, -0.15) is 0 Å². The van der Waals surface area contributed by atoms with Crippen LogP contribution in [0.25, 0.3) is 0 Å². The van der Waals surface area contributed by atoms with Crippen molar-refractivity contribution in [3.05, 3.63) is 35.4 Å². The number of hydrogen-bond donors (Lipinski definition) is 1. The third-order valence-corrected chi connectivity index (χ3v) is 3.76. The van der Waals surface area contributed by atoms with Crippen LogP contribution in [-0.2, 0) is 22.4 Å². The molecule has 0 heterocycles. The summed E-state index contributed by atoms with van der Waals surface area (Å²) in [5.41, 5.74) is 2.86. The Labute approximate surface area is 115 Å². The lowest BCUT2D eigenvalue weighted by atomic mass is 9.88. The van der Waals surface area contributed by atoms with Gasteiger partial charge in [-0.05, 0) is 43.7 Å². The van der Waals surface area contributed by atoms with Gasteiger partial charge in [0.15, 0.2) is 0 Å². The van der Waals surface area contributed by atoms with Crippen molar-refractivity contribution in [1.29, 1.82) is 0 Å². The molecule has 1 aliphatic rings. The SMILES string of the molecule is CCOC(=O)C(CC)NC1CCc2ccccc2C1. The Morgan fingerprint density at radius 2 is 2.11 bits per heavy atom. The van der Waals surface area contributed by atoms with E-state index in [2.05, 4.69) is 29.6 Å². The maximum Gasteiger partial charge on any atom is 0.323 e. The lowest BCUT2D eigenvalue weighted by Gasteiger charge is -2.28. The molecule has 2 rings (SSSR count). The minimum Gasteiger partial charge on any atom is -0.465 e. The zero-order valence-corrected chi connectivity index (χ0v) is 11.8. The standard InChI is InChI=1S/C16H23NO2/c1-3-15(16(18)19-4-2)17-14-10-9-12-7-5-6-8-13(12)11-14/h5-8,14-15,17H,3-4,9-11H2,1-2H3. The minimum atomic E-state index is -0.171. The maximum absolute atomic E-state index is 11.8. The lowest BCUT2D eigenvalue weighted by molar-refractivity contribution is -0.146. The molecule has 3 nitrogen and oxygen atoms in total. The van der Waals surface area contributed by atoms with Crippen molar-refractivity contribution in [3.63, 3.8) is 0 Å². The average Bonchev–Trinajstić information content (AvgIpc) is 2.44. The Morgan fingerprint density at radius 1 is 1.37 bits per heavy atom. The Morgan fingerprint density at radius 3 is 2.79 bits per heavy atom. The van der Waals surface area contributed by atoms with Crippen LogP contribution in [0, 0.1) is 0 Å². The smallest absolute Gasteiger partial charge is 0.323 e. The fraction of sp³-hybridized carbons (Fsp3) is 0.562. The first kappa shape index (κ1) is 14.1. The van der Waals surface area contributed by atoms with Gasteiger partial charge in [-0.25, -0.2) is 0 Å². The molecular formula is C16H23NO2. The van der Waals surface area contributed by atoms with Gasteiger partial charge in [0.25, 0.3) is 0 Å². The molecule has 0 saturated heterocycles. The lowest BCUT2D eigenvalue weighted by Crippen LogP contribution is -2.46. The number of ether oxygens (including phenoxy) is 1. The largest absolute Gasteiger partial charge is 0.465 e. The van der Waals surface area contributed by atoms with Crippen molar-refractivity contribution in [2.24, 2.45) is 0 Å². The fourth-order valence-corrected chi connectivity index (χ4v) is 2.72. The van der Waals surface area contributed by atoms with E-state index < -0.39 is 0 Å². The number of carbonyl (C=O) groups excluding carboxylic acids is 1. The zero-order chi connectivity index (χ0) is 13.7. The first-order valence-corrected chi connectivity index (χ1v) is 7.24. The molecule has 0 saturated carbocycles. The van der Waals surface area contributed by atoms with E-state index in [0.717, 1.165) is 25.7 Å². The highest BCUT2D eigenvalue weighted by Gasteiger charge is 2.24. The molecule has 1 aromatic carbocycles. The van der Waals surface area contributed by atoms with Gasteiger partial charge in [0.05, 0.1) is 6.61 Å². The maximum atomic E-state index is 11.8. The Kier molecular flexibility index (Phi) is 4.97. The molecule has 19 heavy (non-hydrogen) atoms. The molecular weight excluding hydrogens is 238 g/mol. The van der Waals surface area contributed by atoms with Crippen molar-refractivity contribution in [3.8, 4) is 0 Å². The zero-order valence-electron chi connectivity index (χ0n) is 11.8. The predicted molar refractivity (Wildman–Crippen MR) is 76.1 cm³/mol. The molecule has 0 aromatic heterocycles. The first-order chi connectivity index (χ1) is 9.24. The topological polar surface area (TPSA) is 38.3 Å². The highest BCUT2D eigenvalue weighted by atomic mass is 16.5. The predicted octanol–water partition coefficient (Wildman–Crippen LogP) is 2.48. The molecule has 1 N–H and O–H groups in total. The van der Waals surface area contributed by atoms with E-state index in [-0.39, 0.29) is 12.0 Å². The highest BCUT2D eigenvalue weighted by molar-refractivity contribution is 5.75. The van der Waals surface area contributed by atoms with E-state index in [1.165, 1.54) is 11.1 Å². The van der Waals surface area contributed by atoms with Crippen LogP contribution < -0.4 is 5.32 Å². The second-order valence-electron chi connectivity index (χ2n) is 5.09. The van der Waals surface area contributed by atoms with E-state index >= 15 is 0 Å². The van der Waals surface area contributed by atoms with E-state index in [9.17, 15) is 4.79 Å². The number of fused-ring (bicyclic) bond motifs is 1. The number of rotatable bonds is 5. The normalized spacial score (nSPS) is 19.6. The third kappa shape index (κ3) is 3.57. The Balaban J connectivity index is 1.95. The number of benzene rings is 1. The van der Waals surface area contributed by atoms with Gasteiger partial charge in [0.2, 0.25) is 0 Å². The number of esters is 1. The number of aryl methyl sites for hydroxylation is 1. The summed E-state index contributed by atoms with van der Waals surface area (Å²) < 4.78 is 5.10. The van der Waals surface area contributed by atoms with Crippen molar-refractivity contribution in [2.45, 2.75) is 51.6 Å². The number of carbonyl (C=O) groups is 1. The summed E-state index contributed by atoms with van der Waals surface area (Å²) in [6.07, 6.45) is 3.96. The Hall–Kier alpha value is -1.35. The average molecular weight is 261 g/mol. The quantitative estimate of drug-likeness (QED) is 0.828. The van der Waals surface area contributed by atoms with E-state index in [4.69, 9.17) is 4.74 Å². The summed E-state index contributed by atoms with van der Waals surface area (Å²) >= 11 is 0. The molecule has 2 unspecified atom stereocenters. The third-order valence-electron chi connectivity index (χ3n) is 3.76. The van der Waals surface area contributed by atoms with Crippen molar-refractivity contribution in [1.82, 2.24) is 5.32 Å². The van der Waals surface area contributed by atoms with Gasteiger partial charge < -0.3 is 10.1 Å². The summed E-state index contributed by atoms with van der Waals surface area (Å²) in [6, 6.07) is 8.78. The monoisotopic (exact) mass is 261 g/mol. The van der Waals surface area contributed by atoms with Crippen LogP contribution in [0.1, 0.15) is 37.8 Å². The molecule has 0 fully saturated rings. The van der Waals surface area contributed by atoms with Crippen LogP contribution in [0.4, 0.5) is 0 Å². The summed E-state index contributed by atoms with van der Waals surface area (Å²) in [5.74, 6) is -0.121. The van der Waals surface area contributed by atoms with Crippen LogP contribution in [0.2, 0.25) is 0 Å². The van der Waals surface area contributed by atoms with E-state index in [0.29, 0.717) is 12.6 Å².